The van der Waals surface area contributed by atoms with Gasteiger partial charge in [-0.2, -0.15) is 4.98 Å². The molecule has 2 aliphatic rings. The minimum Gasteiger partial charge on any atom is -0.381 e. The third-order valence-electron chi connectivity index (χ3n) is 6.98. The number of hydrogen-bond acceptors (Lipinski definition) is 6. The highest BCUT2D eigenvalue weighted by Gasteiger charge is 2.27. The van der Waals surface area contributed by atoms with Crippen LogP contribution in [0, 0.1) is 29.3 Å². The molecule has 0 radical (unpaired) electrons. The van der Waals surface area contributed by atoms with Crippen LogP contribution in [0.4, 0.5) is 30.8 Å². The topological polar surface area (TPSA) is 76.9 Å². The van der Waals surface area contributed by atoms with E-state index in [0.717, 1.165) is 32.1 Å². The van der Waals surface area contributed by atoms with Gasteiger partial charge in [-0.15, -0.1) is 0 Å². The number of halogens is 3. The van der Waals surface area contributed by atoms with Gasteiger partial charge in [0.15, 0.2) is 17.3 Å². The van der Waals surface area contributed by atoms with Gasteiger partial charge in [-0.1, -0.05) is 13.8 Å². The summed E-state index contributed by atoms with van der Waals surface area (Å²) in [6.45, 7) is 5.72. The molecular formula is C24H29F3N6O. The molecule has 1 saturated heterocycles. The maximum Gasteiger partial charge on any atom is 0.224 e. The fraction of sp³-hybridized carbons (Fsp3) is 0.542. The van der Waals surface area contributed by atoms with Gasteiger partial charge in [-0.05, 0) is 43.9 Å². The van der Waals surface area contributed by atoms with E-state index in [9.17, 15) is 13.2 Å². The lowest BCUT2D eigenvalue weighted by molar-refractivity contribution is 0.0536. The number of nitrogens with zero attached hydrogens (tertiary/aromatic N) is 4. The monoisotopic (exact) mass is 474 g/mol. The summed E-state index contributed by atoms with van der Waals surface area (Å²) >= 11 is 0. The van der Waals surface area contributed by atoms with Crippen molar-refractivity contribution in [2.24, 2.45) is 11.8 Å². The molecule has 2 fully saturated rings. The first-order valence-corrected chi connectivity index (χ1v) is 11.9. The fourth-order valence-electron chi connectivity index (χ4n) is 4.93. The summed E-state index contributed by atoms with van der Waals surface area (Å²) in [5, 5.41) is 6.19. The molecule has 1 aliphatic heterocycles. The average Bonchev–Trinajstić information content (AvgIpc) is 3.16. The molecule has 1 aliphatic carbocycles. The van der Waals surface area contributed by atoms with Crippen LogP contribution in [0.5, 0.6) is 0 Å². The van der Waals surface area contributed by atoms with E-state index >= 15 is 0 Å². The first-order valence-electron chi connectivity index (χ1n) is 11.9. The molecule has 0 amide bonds. The molecule has 182 valence electrons. The number of anilines is 3. The van der Waals surface area contributed by atoms with E-state index in [0.29, 0.717) is 54.3 Å². The number of imidazole rings is 1. The summed E-state index contributed by atoms with van der Waals surface area (Å²) in [6, 6.07) is 1.56. The summed E-state index contributed by atoms with van der Waals surface area (Å²) in [6.07, 6.45) is 6.37. The van der Waals surface area contributed by atoms with Crippen molar-refractivity contribution in [2.75, 3.05) is 23.8 Å². The summed E-state index contributed by atoms with van der Waals surface area (Å²) in [4.78, 5) is 13.8. The van der Waals surface area contributed by atoms with Crippen LogP contribution in [-0.4, -0.2) is 38.8 Å². The van der Waals surface area contributed by atoms with Crippen molar-refractivity contribution in [3.8, 4) is 0 Å². The standard InChI is InChI=1S/C24H29F3N6O/c1-13-3-5-16(6-4-13)33-22-20(11-28-23(32-22)29-19-7-8-34-12-14(19)2)30-24(33)31-21-17(26)9-15(25)10-18(21)27/h9-11,13-14,16,19H,3-8,12H2,1-2H3,(H,30,31)(H,28,29,32)/t13-,14-,16+,19-/m0/s1. The van der Waals surface area contributed by atoms with Crippen molar-refractivity contribution in [3.05, 3.63) is 35.8 Å². The maximum absolute atomic E-state index is 14.4. The van der Waals surface area contributed by atoms with Gasteiger partial charge in [-0.25, -0.2) is 23.1 Å². The summed E-state index contributed by atoms with van der Waals surface area (Å²) in [7, 11) is 0. The van der Waals surface area contributed by atoms with Gasteiger partial charge in [0, 0.05) is 30.8 Å². The Kier molecular flexibility index (Phi) is 6.33. The minimum atomic E-state index is -1.02. The van der Waals surface area contributed by atoms with E-state index in [4.69, 9.17) is 9.72 Å². The van der Waals surface area contributed by atoms with Crippen molar-refractivity contribution in [1.82, 2.24) is 19.5 Å². The van der Waals surface area contributed by atoms with Crippen LogP contribution in [0.25, 0.3) is 11.2 Å². The van der Waals surface area contributed by atoms with Crippen LogP contribution in [-0.2, 0) is 4.74 Å². The van der Waals surface area contributed by atoms with Gasteiger partial charge in [0.25, 0.3) is 0 Å². The lowest BCUT2D eigenvalue weighted by Crippen LogP contribution is -2.36. The summed E-state index contributed by atoms with van der Waals surface area (Å²) in [5.74, 6) is -1.31. The molecular weight excluding hydrogens is 445 g/mol. The van der Waals surface area contributed by atoms with Crippen LogP contribution < -0.4 is 10.6 Å². The predicted molar refractivity (Wildman–Crippen MR) is 124 cm³/mol. The second kappa shape index (κ2) is 9.40. The van der Waals surface area contributed by atoms with E-state index in [-0.39, 0.29) is 18.0 Å². The Bertz CT molecular complexity index is 1150. The highest BCUT2D eigenvalue weighted by molar-refractivity contribution is 5.76. The maximum atomic E-state index is 14.4. The molecule has 3 heterocycles. The third-order valence-corrected chi connectivity index (χ3v) is 6.98. The smallest absolute Gasteiger partial charge is 0.224 e. The first-order chi connectivity index (χ1) is 16.4. The number of fused-ring (bicyclic) bond motifs is 1. The minimum absolute atomic E-state index is 0.0695. The Morgan fingerprint density at radius 3 is 2.44 bits per heavy atom. The van der Waals surface area contributed by atoms with Gasteiger partial charge >= 0.3 is 0 Å². The molecule has 0 unspecified atom stereocenters. The van der Waals surface area contributed by atoms with E-state index in [2.05, 4.69) is 34.4 Å². The molecule has 0 bridgehead atoms. The Labute approximate surface area is 196 Å². The number of aromatic nitrogens is 4. The van der Waals surface area contributed by atoms with E-state index < -0.39 is 23.1 Å². The molecule has 10 heteroatoms. The number of nitrogens with one attached hydrogen (secondary N) is 2. The molecule has 3 aromatic rings. The van der Waals surface area contributed by atoms with Gasteiger partial charge in [-0.3, -0.25) is 4.57 Å². The third kappa shape index (κ3) is 4.55. The summed E-state index contributed by atoms with van der Waals surface area (Å²) in [5.41, 5.74) is 0.682. The Balaban J connectivity index is 1.54. The van der Waals surface area contributed by atoms with Crippen molar-refractivity contribution >= 4 is 28.7 Å². The molecule has 2 aromatic heterocycles. The first kappa shape index (κ1) is 22.9. The molecule has 5 rings (SSSR count). The summed E-state index contributed by atoms with van der Waals surface area (Å²) < 4.78 is 49.7. The predicted octanol–water partition coefficient (Wildman–Crippen LogP) is 5.58. The Morgan fingerprint density at radius 1 is 1.00 bits per heavy atom. The van der Waals surface area contributed by atoms with Crippen LogP contribution in [0.2, 0.25) is 0 Å². The molecule has 1 aromatic carbocycles. The molecule has 0 spiro atoms. The van der Waals surface area contributed by atoms with Gasteiger partial charge in [0.1, 0.15) is 17.0 Å². The largest absolute Gasteiger partial charge is 0.381 e. The van der Waals surface area contributed by atoms with E-state index in [1.807, 2.05) is 4.57 Å². The van der Waals surface area contributed by atoms with Crippen LogP contribution in [0.3, 0.4) is 0 Å². The van der Waals surface area contributed by atoms with Gasteiger partial charge in [0.2, 0.25) is 11.9 Å². The lowest BCUT2D eigenvalue weighted by Gasteiger charge is -2.30. The number of rotatable bonds is 5. The molecule has 2 atom stereocenters. The second-order valence-corrected chi connectivity index (χ2v) is 9.58. The number of ether oxygens (including phenoxy) is 1. The van der Waals surface area contributed by atoms with Crippen molar-refractivity contribution < 1.29 is 17.9 Å². The van der Waals surface area contributed by atoms with Crippen LogP contribution in [0.15, 0.2) is 18.3 Å². The molecule has 1 saturated carbocycles. The van der Waals surface area contributed by atoms with E-state index in [1.54, 1.807) is 6.20 Å². The zero-order chi connectivity index (χ0) is 23.8. The normalized spacial score (nSPS) is 25.4. The van der Waals surface area contributed by atoms with E-state index in [1.165, 1.54) is 0 Å². The SMILES string of the molecule is C[C@H]1COCC[C@@H]1Nc1ncc2nc(Nc3c(F)cc(F)cc3F)n([C@H]3CC[C@@H](C)CC3)c2n1. The molecule has 34 heavy (non-hydrogen) atoms. The molecule has 2 N–H and O–H groups in total. The molecule has 7 nitrogen and oxygen atoms in total. The quantitative estimate of drug-likeness (QED) is 0.503. The lowest BCUT2D eigenvalue weighted by atomic mass is 9.87. The van der Waals surface area contributed by atoms with Crippen molar-refractivity contribution in [2.45, 2.75) is 58.0 Å². The van der Waals surface area contributed by atoms with Crippen LogP contribution >= 0.6 is 0 Å². The number of hydrogen-bond donors (Lipinski definition) is 2. The number of benzene rings is 1. The average molecular weight is 475 g/mol. The van der Waals surface area contributed by atoms with Crippen LogP contribution in [0.1, 0.15) is 52.0 Å². The van der Waals surface area contributed by atoms with Crippen molar-refractivity contribution in [1.29, 1.82) is 0 Å². The van der Waals surface area contributed by atoms with Gasteiger partial charge < -0.3 is 15.4 Å². The zero-order valence-electron chi connectivity index (χ0n) is 19.3. The Morgan fingerprint density at radius 2 is 1.74 bits per heavy atom. The van der Waals surface area contributed by atoms with Crippen molar-refractivity contribution in [3.63, 3.8) is 0 Å². The Hall–Kier alpha value is -2.88. The second-order valence-electron chi connectivity index (χ2n) is 9.58. The fourth-order valence-corrected chi connectivity index (χ4v) is 4.93. The highest BCUT2D eigenvalue weighted by Crippen LogP contribution is 2.37. The van der Waals surface area contributed by atoms with Gasteiger partial charge in [0.05, 0.1) is 12.8 Å². The highest BCUT2D eigenvalue weighted by atomic mass is 19.1. The zero-order valence-corrected chi connectivity index (χ0v) is 19.3.